The van der Waals surface area contributed by atoms with E-state index in [-0.39, 0.29) is 10.7 Å². The maximum atomic E-state index is 13.4. The quantitative estimate of drug-likeness (QED) is 0.775. The van der Waals surface area contributed by atoms with E-state index in [0.717, 1.165) is 30.1 Å². The minimum absolute atomic E-state index is 0.0922. The van der Waals surface area contributed by atoms with Crippen molar-refractivity contribution in [2.24, 2.45) is 4.99 Å². The molecule has 2 N–H and O–H groups in total. The third-order valence-electron chi connectivity index (χ3n) is 5.67. The Kier molecular flexibility index (Phi) is 5.86. The van der Waals surface area contributed by atoms with Gasteiger partial charge in [0.1, 0.15) is 17.5 Å². The second kappa shape index (κ2) is 8.41. The lowest BCUT2D eigenvalue weighted by Crippen LogP contribution is -2.64. The van der Waals surface area contributed by atoms with Crippen LogP contribution in [0.1, 0.15) is 18.4 Å². The van der Waals surface area contributed by atoms with Crippen LogP contribution in [0.5, 0.6) is 0 Å². The summed E-state index contributed by atoms with van der Waals surface area (Å²) in [6, 6.07) is 11.3. The highest BCUT2D eigenvalue weighted by Crippen LogP contribution is 2.29. The second-order valence-electron chi connectivity index (χ2n) is 7.58. The molecule has 0 bridgehead atoms. The van der Waals surface area contributed by atoms with Crippen molar-refractivity contribution in [3.8, 4) is 0 Å². The zero-order chi connectivity index (χ0) is 21.2. The highest BCUT2D eigenvalue weighted by molar-refractivity contribution is 7.89. The van der Waals surface area contributed by atoms with Gasteiger partial charge in [-0.25, -0.2) is 17.2 Å². The van der Waals surface area contributed by atoms with Crippen LogP contribution in [0.2, 0.25) is 0 Å². The van der Waals surface area contributed by atoms with Gasteiger partial charge in [-0.3, -0.25) is 4.99 Å². The van der Waals surface area contributed by atoms with Crippen molar-refractivity contribution in [1.29, 1.82) is 0 Å². The van der Waals surface area contributed by atoms with Crippen LogP contribution in [0.25, 0.3) is 0 Å². The Morgan fingerprint density at radius 2 is 1.80 bits per heavy atom. The molecule has 2 aromatic rings. The first kappa shape index (κ1) is 20.9. The number of rotatable bonds is 4. The molecule has 6 nitrogen and oxygen atoms in total. The minimum atomic E-state index is -3.67. The number of nitrogens with zero attached hydrogens (tertiary/aromatic N) is 2. The predicted molar refractivity (Wildman–Crippen MR) is 111 cm³/mol. The largest absolute Gasteiger partial charge is 0.368 e. The fourth-order valence-electron chi connectivity index (χ4n) is 4.03. The molecule has 4 rings (SSSR count). The first-order valence-electron chi connectivity index (χ1n) is 9.93. The van der Waals surface area contributed by atoms with E-state index in [9.17, 15) is 17.2 Å². The van der Waals surface area contributed by atoms with E-state index in [2.05, 4.69) is 15.6 Å². The van der Waals surface area contributed by atoms with Crippen molar-refractivity contribution < 1.29 is 17.2 Å². The normalized spacial score (nSPS) is 19.5. The first-order valence-corrected chi connectivity index (χ1v) is 11.4. The second-order valence-corrected chi connectivity index (χ2v) is 9.52. The number of amidine groups is 1. The summed E-state index contributed by atoms with van der Waals surface area (Å²) in [5.41, 5.74) is 0.384. The van der Waals surface area contributed by atoms with Gasteiger partial charge in [0.25, 0.3) is 0 Å². The summed E-state index contributed by atoms with van der Waals surface area (Å²) in [6.07, 6.45) is 1.12. The fourth-order valence-corrected chi connectivity index (χ4v) is 5.47. The first-order chi connectivity index (χ1) is 14.4. The molecule has 0 atom stereocenters. The van der Waals surface area contributed by atoms with E-state index in [1.165, 1.54) is 28.6 Å². The van der Waals surface area contributed by atoms with Gasteiger partial charge >= 0.3 is 0 Å². The van der Waals surface area contributed by atoms with Crippen LogP contribution >= 0.6 is 0 Å². The molecular weight excluding hydrogens is 410 g/mol. The topological polar surface area (TPSA) is 73.8 Å². The van der Waals surface area contributed by atoms with Gasteiger partial charge in [0.05, 0.1) is 17.0 Å². The van der Waals surface area contributed by atoms with Gasteiger partial charge in [0.2, 0.25) is 10.0 Å². The molecule has 2 heterocycles. The fraction of sp³-hybridized carbons (Fsp3) is 0.381. The van der Waals surface area contributed by atoms with Crippen molar-refractivity contribution in [2.75, 3.05) is 26.2 Å². The van der Waals surface area contributed by atoms with Gasteiger partial charge in [0.15, 0.2) is 0 Å². The third kappa shape index (κ3) is 4.23. The Hall–Kier alpha value is -2.36. The number of benzene rings is 2. The molecule has 1 fully saturated rings. The van der Waals surface area contributed by atoms with Crippen molar-refractivity contribution in [2.45, 2.75) is 29.8 Å². The highest BCUT2D eigenvalue weighted by Gasteiger charge is 2.43. The molecule has 30 heavy (non-hydrogen) atoms. The van der Waals surface area contributed by atoms with Gasteiger partial charge in [-0.05, 0) is 54.8 Å². The van der Waals surface area contributed by atoms with Crippen LogP contribution in [0.4, 0.5) is 8.78 Å². The SMILES string of the molecule is O=S(=O)(c1ccc(F)cc1)N1CCC2(CC1)NCCN=C2NCc1cccc(F)c1. The van der Waals surface area contributed by atoms with Gasteiger partial charge in [-0.2, -0.15) is 4.31 Å². The Bertz CT molecular complexity index is 1030. The van der Waals surface area contributed by atoms with Crippen molar-refractivity contribution >= 4 is 15.9 Å². The Labute approximate surface area is 175 Å². The average molecular weight is 435 g/mol. The number of halogens is 2. The van der Waals surface area contributed by atoms with E-state index in [4.69, 9.17) is 0 Å². The van der Waals surface area contributed by atoms with Crippen molar-refractivity contribution in [1.82, 2.24) is 14.9 Å². The van der Waals surface area contributed by atoms with E-state index in [0.29, 0.717) is 39.0 Å². The van der Waals surface area contributed by atoms with Gasteiger partial charge < -0.3 is 10.6 Å². The highest BCUT2D eigenvalue weighted by atomic mass is 32.2. The summed E-state index contributed by atoms with van der Waals surface area (Å²) in [4.78, 5) is 4.73. The van der Waals surface area contributed by atoms with Crippen molar-refractivity contribution in [3.63, 3.8) is 0 Å². The molecule has 0 radical (unpaired) electrons. The third-order valence-corrected chi connectivity index (χ3v) is 7.59. The summed E-state index contributed by atoms with van der Waals surface area (Å²) in [5.74, 6) is 0.0343. The molecule has 0 unspecified atom stereocenters. The molecular formula is C21H24F2N4O2S. The maximum absolute atomic E-state index is 13.4. The van der Waals surface area contributed by atoms with E-state index < -0.39 is 21.4 Å². The molecule has 0 amide bonds. The van der Waals surface area contributed by atoms with Crippen LogP contribution in [0.15, 0.2) is 58.4 Å². The molecule has 0 aromatic heterocycles. The van der Waals surface area contributed by atoms with E-state index in [1.54, 1.807) is 6.07 Å². The standard InChI is InChI=1S/C21H24F2N4O2S/c22-17-4-6-19(7-5-17)30(28,29)27-12-8-21(9-13-27)20(24-10-11-26-21)25-15-16-2-1-3-18(23)14-16/h1-7,14,26H,8-13,15H2,(H,24,25). The molecule has 160 valence electrons. The zero-order valence-electron chi connectivity index (χ0n) is 16.4. The summed E-state index contributed by atoms with van der Waals surface area (Å²) in [7, 11) is -3.67. The number of hydrogen-bond acceptors (Lipinski definition) is 5. The zero-order valence-corrected chi connectivity index (χ0v) is 17.3. The molecule has 9 heteroatoms. The maximum Gasteiger partial charge on any atom is 0.243 e. The number of piperidine rings is 1. The monoisotopic (exact) mass is 434 g/mol. The molecule has 0 saturated carbocycles. The van der Waals surface area contributed by atoms with Crippen molar-refractivity contribution in [3.05, 3.63) is 65.7 Å². The van der Waals surface area contributed by atoms with Crippen LogP contribution in [-0.4, -0.2) is 50.3 Å². The molecule has 2 aliphatic rings. The Morgan fingerprint density at radius 3 is 2.50 bits per heavy atom. The summed E-state index contributed by atoms with van der Waals surface area (Å²) in [6.45, 7) is 2.44. The Morgan fingerprint density at radius 1 is 1.07 bits per heavy atom. The van der Waals surface area contributed by atoms with E-state index >= 15 is 0 Å². The van der Waals surface area contributed by atoms with Crippen LogP contribution in [-0.2, 0) is 16.6 Å². The lowest BCUT2D eigenvalue weighted by Gasteiger charge is -2.44. The smallest absolute Gasteiger partial charge is 0.243 e. The van der Waals surface area contributed by atoms with Crippen LogP contribution < -0.4 is 10.6 Å². The number of aliphatic imine (C=N–C) groups is 1. The lowest BCUT2D eigenvalue weighted by molar-refractivity contribution is 0.241. The average Bonchev–Trinajstić information content (AvgIpc) is 2.74. The summed E-state index contributed by atoms with van der Waals surface area (Å²) in [5, 5.41) is 6.84. The molecule has 2 aliphatic heterocycles. The summed E-state index contributed by atoms with van der Waals surface area (Å²) >= 11 is 0. The summed E-state index contributed by atoms with van der Waals surface area (Å²) < 4.78 is 53.8. The van der Waals surface area contributed by atoms with Crippen LogP contribution in [0, 0.1) is 11.6 Å². The molecule has 0 aliphatic carbocycles. The number of hydrogen-bond donors (Lipinski definition) is 2. The van der Waals surface area contributed by atoms with Crippen LogP contribution in [0.3, 0.4) is 0 Å². The minimum Gasteiger partial charge on any atom is -0.368 e. The molecule has 1 saturated heterocycles. The Balaban J connectivity index is 1.45. The number of sulfonamides is 1. The van der Waals surface area contributed by atoms with Gasteiger partial charge in [0, 0.05) is 26.2 Å². The van der Waals surface area contributed by atoms with E-state index in [1.807, 2.05) is 6.07 Å². The lowest BCUT2D eigenvalue weighted by atomic mass is 9.85. The molecule has 1 spiro atoms. The van der Waals surface area contributed by atoms with Gasteiger partial charge in [-0.15, -0.1) is 0 Å². The molecule has 2 aromatic carbocycles. The number of nitrogens with one attached hydrogen (secondary N) is 2. The predicted octanol–water partition coefficient (Wildman–Crippen LogP) is 2.28. The van der Waals surface area contributed by atoms with Gasteiger partial charge in [-0.1, -0.05) is 12.1 Å².